The Morgan fingerprint density at radius 3 is 2.60 bits per heavy atom. The zero-order chi connectivity index (χ0) is 14.1. The number of ketones is 1. The van der Waals surface area contributed by atoms with Crippen LogP contribution in [-0.2, 0) is 4.79 Å². The molecular formula is C15H13N3O2. The lowest BCUT2D eigenvalue weighted by Gasteiger charge is -2.32. The van der Waals surface area contributed by atoms with Gasteiger partial charge in [-0.15, -0.1) is 0 Å². The second-order valence-electron chi connectivity index (χ2n) is 4.93. The van der Waals surface area contributed by atoms with Gasteiger partial charge < -0.3 is 10.6 Å². The van der Waals surface area contributed by atoms with E-state index in [2.05, 4.69) is 16.7 Å². The van der Waals surface area contributed by atoms with E-state index in [0.29, 0.717) is 17.6 Å². The molecule has 2 amide bonds. The maximum atomic E-state index is 12.1. The van der Waals surface area contributed by atoms with E-state index in [1.165, 1.54) is 0 Å². The van der Waals surface area contributed by atoms with Crippen LogP contribution in [0.2, 0.25) is 0 Å². The SMILES string of the molecule is N#Cc1ccc(C2NC(=O)NC3=C2C(=O)CCC3)cc1. The fourth-order valence-electron chi connectivity index (χ4n) is 2.70. The van der Waals surface area contributed by atoms with Crippen molar-refractivity contribution < 1.29 is 9.59 Å². The average molecular weight is 267 g/mol. The van der Waals surface area contributed by atoms with Crippen molar-refractivity contribution in [2.24, 2.45) is 0 Å². The summed E-state index contributed by atoms with van der Waals surface area (Å²) in [5.41, 5.74) is 2.76. The fourth-order valence-corrected chi connectivity index (χ4v) is 2.70. The van der Waals surface area contributed by atoms with Gasteiger partial charge in [0.2, 0.25) is 0 Å². The van der Waals surface area contributed by atoms with Gasteiger partial charge in [0.15, 0.2) is 5.78 Å². The van der Waals surface area contributed by atoms with Crippen molar-refractivity contribution in [3.63, 3.8) is 0 Å². The summed E-state index contributed by atoms with van der Waals surface area (Å²) in [7, 11) is 0. The molecule has 1 aliphatic carbocycles. The molecule has 1 heterocycles. The van der Waals surface area contributed by atoms with Crippen molar-refractivity contribution in [3.05, 3.63) is 46.7 Å². The maximum absolute atomic E-state index is 12.1. The molecule has 2 aliphatic rings. The second-order valence-corrected chi connectivity index (χ2v) is 4.93. The number of rotatable bonds is 1. The van der Waals surface area contributed by atoms with E-state index < -0.39 is 6.04 Å². The van der Waals surface area contributed by atoms with Crippen molar-refractivity contribution in [1.29, 1.82) is 5.26 Å². The number of nitrogens with one attached hydrogen (secondary N) is 2. The van der Waals surface area contributed by atoms with Crippen LogP contribution >= 0.6 is 0 Å². The molecule has 3 rings (SSSR count). The minimum Gasteiger partial charge on any atom is -0.327 e. The summed E-state index contributed by atoms with van der Waals surface area (Å²) in [5, 5.41) is 14.3. The Morgan fingerprint density at radius 2 is 1.90 bits per heavy atom. The summed E-state index contributed by atoms with van der Waals surface area (Å²) in [6.45, 7) is 0. The lowest BCUT2D eigenvalue weighted by atomic mass is 9.85. The van der Waals surface area contributed by atoms with Crippen LogP contribution in [0.3, 0.4) is 0 Å². The van der Waals surface area contributed by atoms with E-state index in [4.69, 9.17) is 5.26 Å². The number of hydrogen-bond acceptors (Lipinski definition) is 3. The van der Waals surface area contributed by atoms with Crippen molar-refractivity contribution >= 4 is 11.8 Å². The predicted octanol–water partition coefficient (Wildman–Crippen LogP) is 1.92. The third-order valence-electron chi connectivity index (χ3n) is 3.66. The van der Waals surface area contributed by atoms with Gasteiger partial charge >= 0.3 is 6.03 Å². The Hall–Kier alpha value is -2.61. The Morgan fingerprint density at radius 1 is 1.15 bits per heavy atom. The van der Waals surface area contributed by atoms with E-state index in [9.17, 15) is 9.59 Å². The van der Waals surface area contributed by atoms with Gasteiger partial charge in [-0.3, -0.25) is 4.79 Å². The molecule has 5 heteroatoms. The van der Waals surface area contributed by atoms with Crippen LogP contribution in [0, 0.1) is 11.3 Å². The van der Waals surface area contributed by atoms with Crippen molar-refractivity contribution in [2.75, 3.05) is 0 Å². The number of nitriles is 1. The van der Waals surface area contributed by atoms with E-state index >= 15 is 0 Å². The topological polar surface area (TPSA) is 82.0 Å². The molecule has 5 nitrogen and oxygen atoms in total. The van der Waals surface area contributed by atoms with Gasteiger partial charge in [0, 0.05) is 17.7 Å². The normalized spacial score (nSPS) is 21.6. The fraction of sp³-hybridized carbons (Fsp3) is 0.267. The van der Waals surface area contributed by atoms with Crippen molar-refractivity contribution in [1.82, 2.24) is 10.6 Å². The van der Waals surface area contributed by atoms with Crippen LogP contribution < -0.4 is 10.6 Å². The number of amides is 2. The molecule has 1 aliphatic heterocycles. The number of urea groups is 1. The number of hydrogen-bond donors (Lipinski definition) is 2. The summed E-state index contributed by atoms with van der Waals surface area (Å²) < 4.78 is 0. The molecule has 0 aromatic heterocycles. The Labute approximate surface area is 116 Å². The smallest absolute Gasteiger partial charge is 0.319 e. The third kappa shape index (κ3) is 2.05. The Kier molecular flexibility index (Phi) is 2.99. The quantitative estimate of drug-likeness (QED) is 0.815. The minimum atomic E-state index is -0.417. The van der Waals surface area contributed by atoms with Crippen molar-refractivity contribution in [2.45, 2.75) is 25.3 Å². The molecule has 1 aromatic rings. The number of carbonyl (C=O) groups is 2. The zero-order valence-electron chi connectivity index (χ0n) is 10.8. The highest BCUT2D eigenvalue weighted by molar-refractivity contribution is 6.00. The van der Waals surface area contributed by atoms with Crippen LogP contribution in [-0.4, -0.2) is 11.8 Å². The maximum Gasteiger partial charge on any atom is 0.319 e. The lowest BCUT2D eigenvalue weighted by Crippen LogP contribution is -2.46. The van der Waals surface area contributed by atoms with E-state index in [1.807, 2.05) is 0 Å². The van der Waals surface area contributed by atoms with E-state index in [1.54, 1.807) is 24.3 Å². The van der Waals surface area contributed by atoms with E-state index in [0.717, 1.165) is 24.1 Å². The van der Waals surface area contributed by atoms with Crippen LogP contribution in [0.15, 0.2) is 35.5 Å². The summed E-state index contributed by atoms with van der Waals surface area (Å²) in [6.07, 6.45) is 2.02. The highest BCUT2D eigenvalue weighted by Crippen LogP contribution is 2.33. The number of nitrogens with zero attached hydrogens (tertiary/aromatic N) is 1. The zero-order valence-corrected chi connectivity index (χ0v) is 10.8. The molecule has 1 atom stereocenters. The summed E-state index contributed by atoms with van der Waals surface area (Å²) in [4.78, 5) is 23.9. The predicted molar refractivity (Wildman–Crippen MR) is 71.4 cm³/mol. The molecule has 1 unspecified atom stereocenters. The molecule has 2 N–H and O–H groups in total. The summed E-state index contributed by atoms with van der Waals surface area (Å²) in [6, 6.07) is 8.29. The first-order valence-electron chi connectivity index (χ1n) is 6.53. The standard InChI is InChI=1S/C15H13N3O2/c16-8-9-4-6-10(7-5-9)14-13-11(17-15(20)18-14)2-1-3-12(13)19/h4-7,14H,1-3H2,(H2,17,18,20). The number of Topliss-reactive ketones (excluding diaryl/α,β-unsaturated/α-hetero) is 1. The van der Waals surface area contributed by atoms with Crippen molar-refractivity contribution in [3.8, 4) is 6.07 Å². The van der Waals surface area contributed by atoms with Gasteiger partial charge in [0.1, 0.15) is 0 Å². The Balaban J connectivity index is 2.03. The molecule has 0 spiro atoms. The first-order chi connectivity index (χ1) is 9.69. The van der Waals surface area contributed by atoms with Gasteiger partial charge in [-0.05, 0) is 30.5 Å². The largest absolute Gasteiger partial charge is 0.327 e. The summed E-state index contributed by atoms with van der Waals surface area (Å²) in [5.74, 6) is 0.0770. The van der Waals surface area contributed by atoms with Gasteiger partial charge in [0.25, 0.3) is 0 Å². The number of benzene rings is 1. The number of carbonyl (C=O) groups excluding carboxylic acids is 2. The first-order valence-corrected chi connectivity index (χ1v) is 6.53. The minimum absolute atomic E-state index is 0.0770. The second kappa shape index (κ2) is 4.82. The van der Waals surface area contributed by atoms with Crippen LogP contribution in [0.1, 0.15) is 36.4 Å². The average Bonchev–Trinajstić information content (AvgIpc) is 2.46. The molecule has 0 fully saturated rings. The molecule has 1 aromatic carbocycles. The van der Waals surface area contributed by atoms with Crippen LogP contribution in [0.5, 0.6) is 0 Å². The third-order valence-corrected chi connectivity index (χ3v) is 3.66. The van der Waals surface area contributed by atoms with E-state index in [-0.39, 0.29) is 11.8 Å². The molecule has 0 saturated heterocycles. The Bertz CT molecular complexity index is 653. The molecule has 0 bridgehead atoms. The van der Waals surface area contributed by atoms with Gasteiger partial charge in [-0.2, -0.15) is 5.26 Å². The monoisotopic (exact) mass is 267 g/mol. The lowest BCUT2D eigenvalue weighted by molar-refractivity contribution is -0.116. The highest BCUT2D eigenvalue weighted by atomic mass is 16.2. The van der Waals surface area contributed by atoms with Gasteiger partial charge in [0.05, 0.1) is 17.7 Å². The summed E-state index contributed by atoms with van der Waals surface area (Å²) >= 11 is 0. The highest BCUT2D eigenvalue weighted by Gasteiger charge is 2.34. The molecule has 100 valence electrons. The van der Waals surface area contributed by atoms with Crippen LogP contribution in [0.25, 0.3) is 0 Å². The number of allylic oxidation sites excluding steroid dienone is 1. The van der Waals surface area contributed by atoms with Gasteiger partial charge in [-0.1, -0.05) is 12.1 Å². The molecule has 20 heavy (non-hydrogen) atoms. The molecular weight excluding hydrogens is 254 g/mol. The van der Waals surface area contributed by atoms with Gasteiger partial charge in [-0.25, -0.2) is 4.79 Å². The molecule has 0 radical (unpaired) electrons. The first kappa shape index (κ1) is 12.4. The molecule has 0 saturated carbocycles. The van der Waals surface area contributed by atoms with Crippen LogP contribution in [0.4, 0.5) is 4.79 Å².